The van der Waals surface area contributed by atoms with Crippen LogP contribution < -0.4 is 5.56 Å². The lowest BCUT2D eigenvalue weighted by atomic mass is 10.1. The Bertz CT molecular complexity index is 691. The van der Waals surface area contributed by atoms with Gasteiger partial charge in [-0.3, -0.25) is 4.79 Å². The molecule has 0 saturated carbocycles. The van der Waals surface area contributed by atoms with Crippen LogP contribution in [0, 0.1) is 32.1 Å². The fourth-order valence-corrected chi connectivity index (χ4v) is 1.65. The summed E-state index contributed by atoms with van der Waals surface area (Å²) in [5.74, 6) is 0.536. The molecule has 2 aromatic heterocycles. The van der Waals surface area contributed by atoms with Crippen LogP contribution in [-0.4, -0.2) is 14.9 Å². The molecule has 0 aliphatic carbocycles. The van der Waals surface area contributed by atoms with Crippen molar-refractivity contribution in [2.45, 2.75) is 27.3 Å². The molecule has 0 unspecified atom stereocenters. The van der Waals surface area contributed by atoms with Crippen LogP contribution >= 0.6 is 0 Å². The molecular weight excluding hydrogens is 232 g/mol. The van der Waals surface area contributed by atoms with E-state index in [9.17, 15) is 4.79 Å². The van der Waals surface area contributed by atoms with Crippen molar-refractivity contribution in [3.8, 4) is 6.07 Å². The average Bonchev–Trinajstić information content (AvgIpc) is 2.73. The molecule has 0 atom stereocenters. The Labute approximate surface area is 103 Å². The van der Waals surface area contributed by atoms with E-state index in [1.54, 1.807) is 26.8 Å². The molecular formula is C12H12N4O2. The van der Waals surface area contributed by atoms with Crippen LogP contribution in [0.4, 0.5) is 0 Å². The van der Waals surface area contributed by atoms with Gasteiger partial charge in [0.1, 0.15) is 18.2 Å². The van der Waals surface area contributed by atoms with Gasteiger partial charge in [-0.1, -0.05) is 5.16 Å². The van der Waals surface area contributed by atoms with Crippen LogP contribution in [0.5, 0.6) is 0 Å². The molecule has 0 spiro atoms. The third kappa shape index (κ3) is 2.02. The highest BCUT2D eigenvalue weighted by Gasteiger charge is 2.13. The monoisotopic (exact) mass is 244 g/mol. The molecule has 2 rings (SSSR count). The molecule has 0 aromatic carbocycles. The average molecular weight is 244 g/mol. The molecule has 18 heavy (non-hydrogen) atoms. The maximum Gasteiger partial charge on any atom is 0.285 e. The highest BCUT2D eigenvalue weighted by Crippen LogP contribution is 2.07. The van der Waals surface area contributed by atoms with Crippen LogP contribution in [0.15, 0.2) is 15.4 Å². The highest BCUT2D eigenvalue weighted by atomic mass is 16.5. The van der Waals surface area contributed by atoms with E-state index >= 15 is 0 Å². The number of nitrogens with zero attached hydrogens (tertiary/aromatic N) is 4. The fraction of sp³-hybridized carbons (Fsp3) is 0.333. The summed E-state index contributed by atoms with van der Waals surface area (Å²) < 4.78 is 6.26. The van der Waals surface area contributed by atoms with Gasteiger partial charge >= 0.3 is 0 Å². The lowest BCUT2D eigenvalue weighted by Gasteiger charge is -2.06. The first kappa shape index (κ1) is 12.0. The predicted molar refractivity (Wildman–Crippen MR) is 63.0 cm³/mol. The molecule has 0 amide bonds. The van der Waals surface area contributed by atoms with Crippen molar-refractivity contribution in [2.75, 3.05) is 0 Å². The van der Waals surface area contributed by atoms with Gasteiger partial charge in [0.05, 0.1) is 11.4 Å². The largest absolute Gasteiger partial charge is 0.359 e. The lowest BCUT2D eigenvalue weighted by Crippen LogP contribution is -2.27. The summed E-state index contributed by atoms with van der Waals surface area (Å²) in [5, 5.41) is 16.9. The number of aryl methyl sites for hydroxylation is 2. The Hall–Kier alpha value is -2.42. The van der Waals surface area contributed by atoms with E-state index in [-0.39, 0.29) is 12.1 Å². The Morgan fingerprint density at radius 3 is 2.72 bits per heavy atom. The topological polar surface area (TPSA) is 84.7 Å². The molecule has 0 bridgehead atoms. The van der Waals surface area contributed by atoms with Gasteiger partial charge in [-0.25, -0.2) is 4.68 Å². The zero-order valence-electron chi connectivity index (χ0n) is 10.4. The molecule has 2 heterocycles. The summed E-state index contributed by atoms with van der Waals surface area (Å²) in [6.45, 7) is 5.45. The molecule has 2 aromatic rings. The molecule has 0 saturated heterocycles. The van der Waals surface area contributed by atoms with Gasteiger partial charge < -0.3 is 4.52 Å². The molecule has 92 valence electrons. The second kappa shape index (κ2) is 4.45. The lowest BCUT2D eigenvalue weighted by molar-refractivity contribution is 0.365. The zero-order valence-corrected chi connectivity index (χ0v) is 10.4. The van der Waals surface area contributed by atoms with Crippen LogP contribution in [0.3, 0.4) is 0 Å². The minimum atomic E-state index is -0.408. The van der Waals surface area contributed by atoms with Gasteiger partial charge in [0.25, 0.3) is 5.56 Å². The summed E-state index contributed by atoms with van der Waals surface area (Å²) in [5.41, 5.74) is 1.73. The third-order valence-corrected chi connectivity index (χ3v) is 2.73. The standard InChI is InChI=1S/C12H12N4O2/c1-7-4-10(18-15-7)6-16-12(17)11(5-13)8(2)9(3)14-16/h4H,6H2,1-3H3. The Kier molecular flexibility index (Phi) is 2.98. The van der Waals surface area contributed by atoms with Crippen molar-refractivity contribution < 1.29 is 4.52 Å². The highest BCUT2D eigenvalue weighted by molar-refractivity contribution is 5.36. The van der Waals surface area contributed by atoms with Crippen molar-refractivity contribution in [1.82, 2.24) is 14.9 Å². The van der Waals surface area contributed by atoms with Crippen molar-refractivity contribution >= 4 is 0 Å². The van der Waals surface area contributed by atoms with Gasteiger partial charge in [-0.15, -0.1) is 0 Å². The Morgan fingerprint density at radius 1 is 1.44 bits per heavy atom. The second-order valence-corrected chi connectivity index (χ2v) is 4.09. The first-order valence-electron chi connectivity index (χ1n) is 5.43. The van der Waals surface area contributed by atoms with Crippen molar-refractivity contribution in [1.29, 1.82) is 5.26 Å². The van der Waals surface area contributed by atoms with Crippen molar-refractivity contribution in [3.05, 3.63) is 44.7 Å². The smallest absolute Gasteiger partial charge is 0.285 e. The zero-order chi connectivity index (χ0) is 13.3. The number of aromatic nitrogens is 3. The predicted octanol–water partition coefficient (Wildman–Crippen LogP) is 1.08. The summed E-state index contributed by atoms with van der Waals surface area (Å²) in [6.07, 6.45) is 0. The molecule has 0 fully saturated rings. The fourth-order valence-electron chi connectivity index (χ4n) is 1.65. The van der Waals surface area contributed by atoms with E-state index in [0.717, 1.165) is 5.69 Å². The minimum absolute atomic E-state index is 0.124. The van der Waals surface area contributed by atoms with E-state index in [1.165, 1.54) is 4.68 Å². The number of nitriles is 1. The number of rotatable bonds is 2. The second-order valence-electron chi connectivity index (χ2n) is 4.09. The Morgan fingerprint density at radius 2 is 2.17 bits per heavy atom. The van der Waals surface area contributed by atoms with Crippen LogP contribution in [0.2, 0.25) is 0 Å². The van der Waals surface area contributed by atoms with Crippen molar-refractivity contribution in [2.24, 2.45) is 0 Å². The summed E-state index contributed by atoms with van der Waals surface area (Å²) >= 11 is 0. The van der Waals surface area contributed by atoms with Crippen LogP contribution in [-0.2, 0) is 6.54 Å². The van der Waals surface area contributed by atoms with E-state index in [1.807, 2.05) is 6.07 Å². The van der Waals surface area contributed by atoms with Crippen molar-refractivity contribution in [3.63, 3.8) is 0 Å². The van der Waals surface area contributed by atoms with Gasteiger partial charge in [0.2, 0.25) is 0 Å². The van der Waals surface area contributed by atoms with E-state index in [4.69, 9.17) is 9.78 Å². The van der Waals surface area contributed by atoms with E-state index in [0.29, 0.717) is 17.0 Å². The van der Waals surface area contributed by atoms with Crippen LogP contribution in [0.1, 0.15) is 28.3 Å². The number of hydrogen-bond donors (Lipinski definition) is 0. The molecule has 0 aliphatic heterocycles. The normalized spacial score (nSPS) is 10.3. The van der Waals surface area contributed by atoms with Crippen LogP contribution in [0.25, 0.3) is 0 Å². The maximum atomic E-state index is 12.0. The Balaban J connectivity index is 2.50. The summed E-state index contributed by atoms with van der Waals surface area (Å²) in [7, 11) is 0. The number of hydrogen-bond acceptors (Lipinski definition) is 5. The van der Waals surface area contributed by atoms with Gasteiger partial charge in [0, 0.05) is 6.07 Å². The SMILES string of the molecule is Cc1cc(Cn2nc(C)c(C)c(C#N)c2=O)on1. The molecule has 0 aliphatic rings. The van der Waals surface area contributed by atoms with Gasteiger partial charge in [-0.05, 0) is 26.3 Å². The van der Waals surface area contributed by atoms with Gasteiger partial charge in [-0.2, -0.15) is 10.4 Å². The first-order valence-corrected chi connectivity index (χ1v) is 5.43. The first-order chi connectivity index (χ1) is 8.52. The van der Waals surface area contributed by atoms with E-state index < -0.39 is 5.56 Å². The quantitative estimate of drug-likeness (QED) is 0.789. The third-order valence-electron chi connectivity index (χ3n) is 2.73. The molecule has 0 N–H and O–H groups in total. The maximum absolute atomic E-state index is 12.0. The van der Waals surface area contributed by atoms with Gasteiger partial charge in [0.15, 0.2) is 5.76 Å². The summed E-state index contributed by atoms with van der Waals surface area (Å²) in [4.78, 5) is 12.0. The summed E-state index contributed by atoms with van der Waals surface area (Å²) in [6, 6.07) is 3.65. The molecule has 6 heteroatoms. The molecule has 6 nitrogen and oxygen atoms in total. The van der Waals surface area contributed by atoms with E-state index in [2.05, 4.69) is 10.3 Å². The molecule has 0 radical (unpaired) electrons. The minimum Gasteiger partial charge on any atom is -0.359 e.